The minimum atomic E-state index is -4.57. The number of alkyl halides is 3. The van der Waals surface area contributed by atoms with Gasteiger partial charge in [-0.15, -0.1) is 0 Å². The van der Waals surface area contributed by atoms with Gasteiger partial charge < -0.3 is 9.64 Å². The van der Waals surface area contributed by atoms with E-state index in [9.17, 15) is 21.6 Å². The first kappa shape index (κ1) is 20.6. The van der Waals surface area contributed by atoms with E-state index in [1.54, 1.807) is 0 Å². The number of benzene rings is 1. The summed E-state index contributed by atoms with van der Waals surface area (Å²) >= 11 is 0. The van der Waals surface area contributed by atoms with E-state index in [2.05, 4.69) is 14.7 Å². The van der Waals surface area contributed by atoms with Crippen LogP contribution in [0.1, 0.15) is 18.4 Å². The minimum Gasteiger partial charge on any atom is -0.496 e. The average molecular weight is 418 g/mol. The second-order valence-electron chi connectivity index (χ2n) is 6.84. The van der Waals surface area contributed by atoms with Crippen LogP contribution in [0.2, 0.25) is 0 Å². The van der Waals surface area contributed by atoms with Crippen molar-refractivity contribution in [2.75, 3.05) is 37.9 Å². The Morgan fingerprint density at radius 3 is 2.71 bits per heavy atom. The van der Waals surface area contributed by atoms with Gasteiger partial charge in [-0.2, -0.15) is 13.2 Å². The number of hydrogen-bond donors (Lipinski definition) is 1. The van der Waals surface area contributed by atoms with Gasteiger partial charge in [-0.1, -0.05) is 0 Å². The molecular formula is C17H21F3N4O3S. The van der Waals surface area contributed by atoms with Crippen molar-refractivity contribution in [3.63, 3.8) is 0 Å². The molecule has 3 rings (SSSR count). The van der Waals surface area contributed by atoms with E-state index < -0.39 is 21.8 Å². The summed E-state index contributed by atoms with van der Waals surface area (Å²) in [7, 11) is -2.12. The molecule has 1 aromatic carbocycles. The van der Waals surface area contributed by atoms with Gasteiger partial charge in [0.05, 0.1) is 24.4 Å². The summed E-state index contributed by atoms with van der Waals surface area (Å²) in [6.07, 6.45) is -0.565. The van der Waals surface area contributed by atoms with Gasteiger partial charge in [0.2, 0.25) is 10.0 Å². The molecule has 0 amide bonds. The molecule has 1 atom stereocenters. The number of nitrogens with one attached hydrogen (secondary N) is 1. The number of sulfonamides is 1. The predicted molar refractivity (Wildman–Crippen MR) is 98.9 cm³/mol. The SMILES string of the molecule is COc1cc2ncnc(N3CCCC(CNS(C)(=O)=O)C3)c2cc1C(F)(F)F. The number of halogens is 3. The normalized spacial score (nSPS) is 18.5. The average Bonchev–Trinajstić information content (AvgIpc) is 2.63. The monoisotopic (exact) mass is 418 g/mol. The van der Waals surface area contributed by atoms with Crippen molar-refractivity contribution in [2.24, 2.45) is 5.92 Å². The second kappa shape index (κ2) is 7.70. The number of anilines is 1. The standard InChI is InChI=1S/C17H21F3N4O3S/c1-27-15-7-14-12(6-13(15)17(18,19)20)16(22-10-21-14)24-5-3-4-11(9-24)8-23-28(2,25)26/h6-7,10-11,23H,3-5,8-9H2,1-2H3. The van der Waals surface area contributed by atoms with E-state index in [4.69, 9.17) is 4.74 Å². The minimum absolute atomic E-state index is 0.0359. The zero-order valence-electron chi connectivity index (χ0n) is 15.5. The Kier molecular flexibility index (Phi) is 5.67. The lowest BCUT2D eigenvalue weighted by atomic mass is 9.98. The molecule has 1 unspecified atom stereocenters. The summed E-state index contributed by atoms with van der Waals surface area (Å²) in [5, 5.41) is 0.285. The Bertz CT molecular complexity index is 966. The molecule has 11 heteroatoms. The molecule has 154 valence electrons. The highest BCUT2D eigenvalue weighted by molar-refractivity contribution is 7.88. The van der Waals surface area contributed by atoms with Crippen LogP contribution in [0.25, 0.3) is 10.9 Å². The number of hydrogen-bond acceptors (Lipinski definition) is 6. The van der Waals surface area contributed by atoms with E-state index in [1.165, 1.54) is 19.5 Å². The van der Waals surface area contributed by atoms with Crippen molar-refractivity contribution >= 4 is 26.7 Å². The Balaban J connectivity index is 1.96. The quantitative estimate of drug-likeness (QED) is 0.803. The molecule has 1 aliphatic rings. The molecule has 0 spiro atoms. The van der Waals surface area contributed by atoms with E-state index in [0.717, 1.165) is 25.2 Å². The number of ether oxygens (including phenoxy) is 1. The Morgan fingerprint density at radius 1 is 1.32 bits per heavy atom. The molecule has 0 radical (unpaired) electrons. The van der Waals surface area contributed by atoms with E-state index in [0.29, 0.717) is 24.4 Å². The number of piperidine rings is 1. The molecule has 1 aromatic heterocycles. The molecule has 1 saturated heterocycles. The topological polar surface area (TPSA) is 84.4 Å². The Hall–Kier alpha value is -2.14. The summed E-state index contributed by atoms with van der Waals surface area (Å²) in [6, 6.07) is 2.28. The number of aromatic nitrogens is 2. The van der Waals surface area contributed by atoms with Crippen molar-refractivity contribution in [3.05, 3.63) is 24.0 Å². The zero-order chi connectivity index (χ0) is 20.5. The molecule has 0 aliphatic carbocycles. The van der Waals surface area contributed by atoms with Crippen LogP contribution in [-0.4, -0.2) is 51.4 Å². The van der Waals surface area contributed by atoms with Gasteiger partial charge >= 0.3 is 6.18 Å². The first-order valence-corrected chi connectivity index (χ1v) is 10.6. The smallest absolute Gasteiger partial charge is 0.419 e. The number of methoxy groups -OCH3 is 1. The zero-order valence-corrected chi connectivity index (χ0v) is 16.3. The third-order valence-corrected chi connectivity index (χ3v) is 5.38. The predicted octanol–water partition coefficient (Wildman–Crippen LogP) is 2.42. The number of rotatable bonds is 5. The molecule has 0 saturated carbocycles. The third kappa shape index (κ3) is 4.64. The van der Waals surface area contributed by atoms with Crippen LogP contribution in [0.5, 0.6) is 5.75 Å². The highest BCUT2D eigenvalue weighted by atomic mass is 32.2. The lowest BCUT2D eigenvalue weighted by Crippen LogP contribution is -2.41. The summed E-state index contributed by atoms with van der Waals surface area (Å²) in [5.41, 5.74) is -0.530. The van der Waals surface area contributed by atoms with E-state index >= 15 is 0 Å². The molecule has 2 heterocycles. The molecule has 2 aromatic rings. The fourth-order valence-electron chi connectivity index (χ4n) is 3.41. The van der Waals surface area contributed by atoms with Gasteiger partial charge in [-0.3, -0.25) is 0 Å². The highest BCUT2D eigenvalue weighted by Gasteiger charge is 2.35. The fourth-order valence-corrected chi connectivity index (χ4v) is 3.94. The third-order valence-electron chi connectivity index (χ3n) is 4.69. The lowest BCUT2D eigenvalue weighted by molar-refractivity contribution is -0.138. The lowest BCUT2D eigenvalue weighted by Gasteiger charge is -2.34. The maximum atomic E-state index is 13.4. The van der Waals surface area contributed by atoms with Gasteiger partial charge in [0.1, 0.15) is 17.9 Å². The first-order chi connectivity index (χ1) is 13.1. The van der Waals surface area contributed by atoms with Crippen molar-refractivity contribution in [1.29, 1.82) is 0 Å². The van der Waals surface area contributed by atoms with Crippen molar-refractivity contribution < 1.29 is 26.3 Å². The fraction of sp³-hybridized carbons (Fsp3) is 0.529. The van der Waals surface area contributed by atoms with Crippen molar-refractivity contribution in [2.45, 2.75) is 19.0 Å². The van der Waals surface area contributed by atoms with Crippen LogP contribution in [0, 0.1) is 5.92 Å². The maximum absolute atomic E-state index is 13.4. The van der Waals surface area contributed by atoms with Crippen LogP contribution in [0.15, 0.2) is 18.5 Å². The highest BCUT2D eigenvalue weighted by Crippen LogP contribution is 2.40. The summed E-state index contributed by atoms with van der Waals surface area (Å²) in [6.45, 7) is 1.39. The van der Waals surface area contributed by atoms with Crippen LogP contribution in [0.3, 0.4) is 0 Å². The summed E-state index contributed by atoms with van der Waals surface area (Å²) in [4.78, 5) is 10.2. The molecule has 1 N–H and O–H groups in total. The second-order valence-corrected chi connectivity index (χ2v) is 8.67. The molecule has 0 bridgehead atoms. The molecular weight excluding hydrogens is 397 g/mol. The Morgan fingerprint density at radius 2 is 2.07 bits per heavy atom. The number of fused-ring (bicyclic) bond motifs is 1. The van der Waals surface area contributed by atoms with Crippen molar-refractivity contribution in [3.8, 4) is 5.75 Å². The molecule has 1 fully saturated rings. The molecule has 1 aliphatic heterocycles. The maximum Gasteiger partial charge on any atom is 0.419 e. The van der Waals surface area contributed by atoms with Gasteiger partial charge in [0.25, 0.3) is 0 Å². The van der Waals surface area contributed by atoms with Crippen LogP contribution < -0.4 is 14.4 Å². The number of nitrogens with zero attached hydrogens (tertiary/aromatic N) is 3. The largest absolute Gasteiger partial charge is 0.496 e. The van der Waals surface area contributed by atoms with Gasteiger partial charge in [0.15, 0.2) is 0 Å². The van der Waals surface area contributed by atoms with E-state index in [1.807, 2.05) is 4.90 Å². The van der Waals surface area contributed by atoms with Crippen molar-refractivity contribution in [1.82, 2.24) is 14.7 Å². The van der Waals surface area contributed by atoms with Crippen LogP contribution >= 0.6 is 0 Å². The summed E-state index contributed by atoms with van der Waals surface area (Å²) in [5.74, 6) is 0.148. The van der Waals surface area contributed by atoms with Gasteiger partial charge in [-0.05, 0) is 24.8 Å². The van der Waals surface area contributed by atoms with Gasteiger partial charge in [-0.25, -0.2) is 23.1 Å². The first-order valence-electron chi connectivity index (χ1n) is 8.68. The molecule has 28 heavy (non-hydrogen) atoms. The Labute approximate surface area is 161 Å². The van der Waals surface area contributed by atoms with Gasteiger partial charge in [0, 0.05) is 31.1 Å². The van der Waals surface area contributed by atoms with E-state index in [-0.39, 0.29) is 23.6 Å². The van der Waals surface area contributed by atoms with Crippen LogP contribution in [0.4, 0.5) is 19.0 Å². The summed E-state index contributed by atoms with van der Waals surface area (Å²) < 4.78 is 70.3. The molecule has 7 nitrogen and oxygen atoms in total. The van der Waals surface area contributed by atoms with Crippen LogP contribution in [-0.2, 0) is 16.2 Å².